The first-order valence-electron chi connectivity index (χ1n) is 10.3. The molecule has 31 heavy (non-hydrogen) atoms. The molecule has 15 heteroatoms. The summed E-state index contributed by atoms with van der Waals surface area (Å²) in [6, 6.07) is 0. The lowest BCUT2D eigenvalue weighted by Crippen LogP contribution is -2.42. The average Bonchev–Trinajstić information content (AvgIpc) is 2.70. The summed E-state index contributed by atoms with van der Waals surface area (Å²) in [5.74, 6) is -0.487. The van der Waals surface area contributed by atoms with Crippen LogP contribution in [0.4, 0.5) is 4.79 Å². The quantitative estimate of drug-likeness (QED) is 0.0870. The summed E-state index contributed by atoms with van der Waals surface area (Å²) >= 11 is 0.994. The van der Waals surface area contributed by atoms with Gasteiger partial charge in [0.1, 0.15) is 7.85 Å². The van der Waals surface area contributed by atoms with E-state index in [4.69, 9.17) is 4.94 Å². The summed E-state index contributed by atoms with van der Waals surface area (Å²) in [6.07, 6.45) is 2.75. The van der Waals surface area contributed by atoms with Crippen molar-refractivity contribution >= 4 is 50.1 Å². The van der Waals surface area contributed by atoms with E-state index >= 15 is 0 Å². The van der Waals surface area contributed by atoms with E-state index in [1.165, 1.54) is 0 Å². The molecule has 0 saturated carbocycles. The van der Waals surface area contributed by atoms with Gasteiger partial charge in [0.2, 0.25) is 11.8 Å². The Morgan fingerprint density at radius 1 is 0.935 bits per heavy atom. The second-order valence-electron chi connectivity index (χ2n) is 7.23. The number of carbonyl (C=O) groups excluding carboxylic acids is 4. The number of hydrogen-bond donors (Lipinski definition) is 6. The minimum atomic E-state index is -0.566. The Morgan fingerprint density at radius 2 is 1.55 bits per heavy atom. The number of carbonyl (C=O) groups is 4. The van der Waals surface area contributed by atoms with Crippen LogP contribution in [0.3, 0.4) is 0 Å². The fourth-order valence-corrected chi connectivity index (χ4v) is 2.70. The predicted molar refractivity (Wildman–Crippen MR) is 122 cm³/mol. The van der Waals surface area contributed by atoms with Crippen molar-refractivity contribution < 1.29 is 29.1 Å². The molecular weight excluding hydrogens is 426 g/mol. The van der Waals surface area contributed by atoms with Crippen molar-refractivity contribution in [2.24, 2.45) is 5.41 Å². The van der Waals surface area contributed by atoms with Crippen molar-refractivity contribution in [3.63, 3.8) is 0 Å². The third-order valence-corrected chi connectivity index (χ3v) is 4.62. The van der Waals surface area contributed by atoms with Crippen molar-refractivity contribution in [2.45, 2.75) is 52.8 Å². The molecule has 0 unspecified atom stereocenters. The Balaban J connectivity index is 3.56. The van der Waals surface area contributed by atoms with Gasteiger partial charge in [0.25, 0.3) is 13.5 Å². The molecule has 12 nitrogen and oxygen atoms in total. The molecule has 0 rings (SSSR count). The molecule has 0 radical (unpaired) electrons. The van der Waals surface area contributed by atoms with Gasteiger partial charge in [0, 0.05) is 24.0 Å². The lowest BCUT2D eigenvalue weighted by atomic mass is 9.87. The molecule has 176 valence electrons. The monoisotopic (exact) mass is 460 g/mol. The summed E-state index contributed by atoms with van der Waals surface area (Å²) in [5, 5.41) is 5.63. The Kier molecular flexibility index (Phi) is 16.8. The van der Waals surface area contributed by atoms with Gasteiger partial charge in [-0.25, -0.2) is 21.9 Å². The number of amides is 4. The van der Waals surface area contributed by atoms with E-state index in [9.17, 15) is 19.2 Å². The second-order valence-corrected chi connectivity index (χ2v) is 8.30. The van der Waals surface area contributed by atoms with E-state index in [1.807, 2.05) is 14.8 Å². The van der Waals surface area contributed by atoms with Gasteiger partial charge in [-0.2, -0.15) is 9.88 Å². The average molecular weight is 460 g/mol. The van der Waals surface area contributed by atoms with Crippen molar-refractivity contribution in [3.05, 3.63) is 0 Å². The highest BCUT2D eigenvalue weighted by atomic mass is 32.2. The molecule has 0 heterocycles. The molecule has 0 saturated heterocycles. The van der Waals surface area contributed by atoms with Crippen molar-refractivity contribution in [1.29, 1.82) is 0 Å². The summed E-state index contributed by atoms with van der Waals surface area (Å²) in [6.45, 7) is 6.54. The maximum Gasteiger partial charge on any atom is 0.304 e. The first-order chi connectivity index (χ1) is 14.7. The molecule has 0 aromatic carbocycles. The highest BCUT2D eigenvalue weighted by Crippen LogP contribution is 2.21. The number of thioether (sulfide) groups is 1. The van der Waals surface area contributed by atoms with Crippen LogP contribution in [0.2, 0.25) is 6.32 Å². The van der Waals surface area contributed by atoms with Crippen molar-refractivity contribution in [1.82, 2.24) is 32.4 Å². The van der Waals surface area contributed by atoms with Gasteiger partial charge < -0.3 is 10.5 Å². The van der Waals surface area contributed by atoms with E-state index in [2.05, 4.69) is 37.3 Å². The lowest BCUT2D eigenvalue weighted by Gasteiger charge is -2.21. The fourth-order valence-electron chi connectivity index (χ4n) is 2.17. The maximum absolute atomic E-state index is 11.9. The van der Waals surface area contributed by atoms with Crippen LogP contribution in [0, 0.1) is 5.41 Å². The number of hydroxylamine groups is 4. The van der Waals surface area contributed by atoms with E-state index in [1.54, 1.807) is 13.8 Å². The topological polar surface area (TPSA) is 159 Å². The SMILES string of the molecule is BCCC(=O)NONC(=O)SCCNBNCCC(=O)NONC(=O)C(C)(C)CCC. The van der Waals surface area contributed by atoms with Crippen LogP contribution in [-0.2, 0) is 24.3 Å². The molecule has 0 atom stereocenters. The molecule has 0 spiro atoms. The first kappa shape index (κ1) is 29.2. The normalized spacial score (nSPS) is 10.8. The largest absolute Gasteiger partial charge is 0.345 e. The minimum Gasteiger partial charge on any atom is -0.345 e. The summed E-state index contributed by atoms with van der Waals surface area (Å²) in [7, 11) is 2.30. The van der Waals surface area contributed by atoms with Crippen LogP contribution in [0.5, 0.6) is 0 Å². The van der Waals surface area contributed by atoms with Gasteiger partial charge in [-0.3, -0.25) is 19.2 Å². The predicted octanol–water partition coefficient (Wildman–Crippen LogP) is -1.43. The van der Waals surface area contributed by atoms with E-state index in [-0.39, 0.29) is 24.1 Å². The van der Waals surface area contributed by atoms with Crippen LogP contribution in [0.15, 0.2) is 0 Å². The summed E-state index contributed by atoms with van der Waals surface area (Å²) < 4.78 is 0. The number of hydrogen-bond acceptors (Lipinski definition) is 9. The zero-order valence-corrected chi connectivity index (χ0v) is 19.5. The van der Waals surface area contributed by atoms with Gasteiger partial charge >= 0.3 is 5.24 Å². The van der Waals surface area contributed by atoms with Crippen LogP contribution in [0.25, 0.3) is 0 Å². The van der Waals surface area contributed by atoms with E-state index < -0.39 is 10.7 Å². The fraction of sp³-hybridized carbons (Fsp3) is 0.750. The van der Waals surface area contributed by atoms with Crippen molar-refractivity contribution in [2.75, 3.05) is 18.8 Å². The molecule has 0 fully saturated rings. The Hall–Kier alpha value is -1.80. The minimum absolute atomic E-state index is 0.161. The maximum atomic E-state index is 11.9. The molecule has 0 aliphatic rings. The third kappa shape index (κ3) is 16.5. The Morgan fingerprint density at radius 3 is 2.19 bits per heavy atom. The van der Waals surface area contributed by atoms with Gasteiger partial charge in [-0.05, 0) is 19.5 Å². The van der Waals surface area contributed by atoms with Gasteiger partial charge in [0.15, 0.2) is 0 Å². The molecule has 6 N–H and O–H groups in total. The molecule has 0 bridgehead atoms. The number of rotatable bonds is 17. The summed E-state index contributed by atoms with van der Waals surface area (Å²) in [5.41, 5.74) is 8.03. The standard InChI is InChI=1S/C16H34B2N6O6S/c1-4-7-16(2,3)14(27)23-29-22-13(26)6-9-19-18-20-10-11-31-15(28)24-30-21-12(25)5-8-17/h18-20H,4-11,17H2,1-3H3,(H,21,25)(H,22,26)(H,23,27)(H,24,28). The van der Waals surface area contributed by atoms with Crippen LogP contribution >= 0.6 is 11.8 Å². The van der Waals surface area contributed by atoms with Crippen LogP contribution < -0.4 is 32.4 Å². The molecule has 4 amide bonds. The van der Waals surface area contributed by atoms with Gasteiger partial charge in [-0.1, -0.05) is 45.3 Å². The molecule has 0 aromatic rings. The van der Waals surface area contributed by atoms with Crippen LogP contribution in [-0.4, -0.2) is 57.2 Å². The molecular formula is C16H34B2N6O6S. The lowest BCUT2D eigenvalue weighted by molar-refractivity contribution is -0.157. The third-order valence-electron chi connectivity index (χ3n) is 3.87. The zero-order chi connectivity index (χ0) is 23.5. The molecule has 0 aliphatic carbocycles. The zero-order valence-electron chi connectivity index (χ0n) is 18.7. The Bertz CT molecular complexity index is 573. The number of nitrogens with one attached hydrogen (secondary N) is 6. The highest BCUT2D eigenvalue weighted by Gasteiger charge is 2.26. The highest BCUT2D eigenvalue weighted by molar-refractivity contribution is 8.13. The van der Waals surface area contributed by atoms with Gasteiger partial charge in [-0.15, -0.1) is 0 Å². The second kappa shape index (κ2) is 17.8. The van der Waals surface area contributed by atoms with Crippen molar-refractivity contribution in [3.8, 4) is 0 Å². The van der Waals surface area contributed by atoms with Crippen LogP contribution in [0.1, 0.15) is 46.5 Å². The molecule has 0 aromatic heterocycles. The van der Waals surface area contributed by atoms with Gasteiger partial charge in [0.05, 0.1) is 0 Å². The Labute approximate surface area is 189 Å². The molecule has 0 aliphatic heterocycles. The van der Waals surface area contributed by atoms with E-state index in [0.29, 0.717) is 45.6 Å². The summed E-state index contributed by atoms with van der Waals surface area (Å²) in [4.78, 5) is 55.5. The smallest absolute Gasteiger partial charge is 0.304 e. The van der Waals surface area contributed by atoms with E-state index in [0.717, 1.165) is 18.2 Å². The first-order valence-corrected chi connectivity index (χ1v) is 11.3.